The van der Waals surface area contributed by atoms with E-state index in [2.05, 4.69) is 21.9 Å². The summed E-state index contributed by atoms with van der Waals surface area (Å²) in [6.07, 6.45) is 6.38. The molecule has 2 aromatic rings. The summed E-state index contributed by atoms with van der Waals surface area (Å²) in [5.74, 6) is -1.40. The second-order valence-corrected chi connectivity index (χ2v) is 18.8. The van der Waals surface area contributed by atoms with Crippen molar-refractivity contribution in [1.29, 1.82) is 0 Å². The molecule has 3 aliphatic heterocycles. The lowest BCUT2D eigenvalue weighted by Crippen LogP contribution is -2.62. The smallest absolute Gasteiger partial charge is 0.408 e. The number of carbonyl (C=O) groups excluding carboxylic acids is 3. The number of benzene rings is 1. The van der Waals surface area contributed by atoms with Gasteiger partial charge in [-0.05, 0) is 89.3 Å². The third kappa shape index (κ3) is 7.66. The highest BCUT2D eigenvalue weighted by atomic mass is 32.2. The lowest BCUT2D eigenvalue weighted by atomic mass is 9.85. The van der Waals surface area contributed by atoms with Crippen molar-refractivity contribution in [3.05, 3.63) is 36.5 Å². The molecule has 3 fully saturated rings. The van der Waals surface area contributed by atoms with Gasteiger partial charge in [0.2, 0.25) is 27.7 Å². The highest BCUT2D eigenvalue weighted by molar-refractivity contribution is 7.91. The lowest BCUT2D eigenvalue weighted by Gasteiger charge is -2.43. The van der Waals surface area contributed by atoms with Crippen LogP contribution in [0.2, 0.25) is 0 Å². The minimum absolute atomic E-state index is 0.00113. The van der Waals surface area contributed by atoms with Crippen molar-refractivity contribution >= 4 is 44.6 Å². The minimum Gasteiger partial charge on any atom is -0.486 e. The lowest BCUT2D eigenvalue weighted by molar-refractivity contribution is -0.146. The average molecular weight is 782 g/mol. The number of carboxylic acid groups (broad SMARTS) is 1. The van der Waals surface area contributed by atoms with Gasteiger partial charge in [0.25, 0.3) is 5.91 Å². The second kappa shape index (κ2) is 14.5. The van der Waals surface area contributed by atoms with Gasteiger partial charge in [0.15, 0.2) is 11.5 Å². The van der Waals surface area contributed by atoms with Gasteiger partial charge in [-0.3, -0.25) is 24.0 Å². The molecule has 1 saturated heterocycles. The first-order chi connectivity index (χ1) is 26.0. The molecule has 4 heterocycles. The van der Waals surface area contributed by atoms with Crippen molar-refractivity contribution in [2.75, 3.05) is 19.8 Å². The standard InChI is InChI=1S/C39H51N5O10S/c1-22-8-6-7-9-24-20-39(24,36(47)42-55(50,51)26-10-11-26)41-33(45)29-19-25(21-43(29)35(46)31(23(2)18-22)44(37(48)49)38(3,4)5)54-34-28-12-13-30-32(53-17-16-52-30)27(28)14-15-40-34/h7,9,12-15,22-26,29,31H,6,8,10-11,16-21H2,1-5H3,(H,41,45)(H,42,47)(H,48,49)/b9-7-/t22-,23+,24+,25+,29-,31-,39+/m0/s1. The predicted octanol–water partition coefficient (Wildman–Crippen LogP) is 4.00. The Kier molecular flexibility index (Phi) is 10.2. The minimum atomic E-state index is -3.92. The predicted molar refractivity (Wildman–Crippen MR) is 201 cm³/mol. The third-order valence-corrected chi connectivity index (χ3v) is 13.3. The number of nitrogens with zero attached hydrogens (tertiary/aromatic N) is 3. The molecule has 4 amide bonds. The number of hydrogen-bond acceptors (Lipinski definition) is 10. The van der Waals surface area contributed by atoms with Gasteiger partial charge in [0.05, 0.1) is 11.8 Å². The highest BCUT2D eigenvalue weighted by Gasteiger charge is 2.62. The molecule has 3 N–H and O–H groups in total. The first-order valence-corrected chi connectivity index (χ1v) is 20.8. The summed E-state index contributed by atoms with van der Waals surface area (Å²) in [5, 5.41) is 14.2. The summed E-state index contributed by atoms with van der Waals surface area (Å²) in [5.41, 5.74) is -2.52. The van der Waals surface area contributed by atoms with E-state index in [-0.39, 0.29) is 31.2 Å². The molecule has 1 aromatic carbocycles. The van der Waals surface area contributed by atoms with E-state index in [4.69, 9.17) is 14.2 Å². The first kappa shape index (κ1) is 38.7. The van der Waals surface area contributed by atoms with E-state index in [1.165, 1.54) is 9.80 Å². The monoisotopic (exact) mass is 781 g/mol. The number of fused-ring (bicyclic) bond motifs is 5. The van der Waals surface area contributed by atoms with Crippen LogP contribution >= 0.6 is 0 Å². The van der Waals surface area contributed by atoms with Crippen LogP contribution in [0.5, 0.6) is 17.4 Å². The topological polar surface area (TPSA) is 194 Å². The van der Waals surface area contributed by atoms with Gasteiger partial charge in [-0.15, -0.1) is 0 Å². The number of hydrogen-bond donors (Lipinski definition) is 3. The summed E-state index contributed by atoms with van der Waals surface area (Å²) in [4.78, 5) is 63.4. The zero-order valence-corrected chi connectivity index (χ0v) is 32.8. The van der Waals surface area contributed by atoms with Crippen LogP contribution in [0.4, 0.5) is 4.79 Å². The zero-order chi connectivity index (χ0) is 39.4. The summed E-state index contributed by atoms with van der Waals surface area (Å²) < 4.78 is 46.2. The first-order valence-electron chi connectivity index (χ1n) is 19.2. The molecule has 0 bridgehead atoms. The van der Waals surface area contributed by atoms with Gasteiger partial charge in [-0.1, -0.05) is 26.0 Å². The summed E-state index contributed by atoms with van der Waals surface area (Å²) in [6.45, 7) is 9.85. The largest absolute Gasteiger partial charge is 0.486 e. The van der Waals surface area contributed by atoms with Crippen LogP contribution in [0.3, 0.4) is 0 Å². The van der Waals surface area contributed by atoms with E-state index in [1.54, 1.807) is 39.1 Å². The van der Waals surface area contributed by atoms with E-state index in [9.17, 15) is 27.9 Å². The van der Waals surface area contributed by atoms with Gasteiger partial charge in [0.1, 0.15) is 36.9 Å². The Labute approximate surface area is 321 Å². The Balaban J connectivity index is 1.26. The van der Waals surface area contributed by atoms with Crippen LogP contribution in [0.25, 0.3) is 10.8 Å². The maximum absolute atomic E-state index is 15.0. The van der Waals surface area contributed by atoms with Gasteiger partial charge in [-0.2, -0.15) is 0 Å². The molecule has 298 valence electrons. The number of sulfonamides is 1. The van der Waals surface area contributed by atoms with Gasteiger partial charge in [-0.25, -0.2) is 18.2 Å². The molecule has 15 nitrogen and oxygen atoms in total. The Morgan fingerprint density at radius 3 is 2.53 bits per heavy atom. The number of allylic oxidation sites excluding steroid dienone is 1. The number of pyridine rings is 1. The van der Waals surface area contributed by atoms with Crippen LogP contribution in [-0.4, -0.2) is 106 Å². The SMILES string of the molecule is C[C@H]1CC/C=C\[C@@H]2C[C@@]2(C(=O)NS(=O)(=O)C2CC2)NC(=O)[C@@H]2C[C@@H](Oc3nccc4c5c(ccc34)OCCO5)CN2C(=O)[C@@H](N(C(=O)O)C(C)(C)C)[C@H](C)C1. The van der Waals surface area contributed by atoms with E-state index in [1.807, 2.05) is 25.1 Å². The number of amides is 4. The van der Waals surface area contributed by atoms with Crippen LogP contribution in [0.15, 0.2) is 36.5 Å². The molecule has 0 spiro atoms. The molecule has 0 unspecified atom stereocenters. The fourth-order valence-electron chi connectivity index (χ4n) is 8.46. The molecule has 0 radical (unpaired) electrons. The zero-order valence-electron chi connectivity index (χ0n) is 31.9. The summed E-state index contributed by atoms with van der Waals surface area (Å²) >= 11 is 0. The quantitative estimate of drug-likeness (QED) is 0.359. The Morgan fingerprint density at radius 1 is 1.07 bits per heavy atom. The molecule has 16 heteroatoms. The van der Waals surface area contributed by atoms with E-state index in [0.717, 1.165) is 11.8 Å². The van der Waals surface area contributed by atoms with Crippen molar-refractivity contribution in [3.8, 4) is 17.4 Å². The van der Waals surface area contributed by atoms with Crippen LogP contribution in [0.1, 0.15) is 79.6 Å². The van der Waals surface area contributed by atoms with Crippen LogP contribution < -0.4 is 24.2 Å². The molecule has 7 atom stereocenters. The fraction of sp³-hybridized carbons (Fsp3) is 0.615. The summed E-state index contributed by atoms with van der Waals surface area (Å²) in [7, 11) is -3.92. The van der Waals surface area contributed by atoms with Gasteiger partial charge < -0.3 is 29.5 Å². The third-order valence-electron chi connectivity index (χ3n) is 11.5. The van der Waals surface area contributed by atoms with E-state index >= 15 is 4.79 Å². The number of aromatic nitrogens is 1. The van der Waals surface area contributed by atoms with Crippen LogP contribution in [0, 0.1) is 17.8 Å². The number of carbonyl (C=O) groups is 4. The maximum Gasteiger partial charge on any atom is 0.408 e. The molecule has 7 rings (SSSR count). The number of rotatable bonds is 6. The maximum atomic E-state index is 15.0. The van der Waals surface area contributed by atoms with E-state index in [0.29, 0.717) is 55.8 Å². The molecular weight excluding hydrogens is 731 g/mol. The van der Waals surface area contributed by atoms with Crippen molar-refractivity contribution in [2.45, 2.75) is 114 Å². The fourth-order valence-corrected chi connectivity index (χ4v) is 9.82. The Bertz CT molecular complexity index is 2010. The van der Waals surface area contributed by atoms with Gasteiger partial charge >= 0.3 is 6.09 Å². The molecule has 2 saturated carbocycles. The Hall–Kier alpha value is -4.60. The van der Waals surface area contributed by atoms with Crippen molar-refractivity contribution in [2.24, 2.45) is 17.8 Å². The normalized spacial score (nSPS) is 30.5. The molecule has 55 heavy (non-hydrogen) atoms. The van der Waals surface area contributed by atoms with Crippen molar-refractivity contribution < 1.29 is 46.9 Å². The summed E-state index contributed by atoms with van der Waals surface area (Å²) in [6, 6.07) is 3.04. The number of nitrogens with one attached hydrogen (secondary N) is 2. The molecule has 5 aliphatic rings. The van der Waals surface area contributed by atoms with E-state index < -0.39 is 80.2 Å². The van der Waals surface area contributed by atoms with Gasteiger partial charge in [0, 0.05) is 34.8 Å². The average Bonchev–Trinajstić information content (AvgIpc) is 4.04. The Morgan fingerprint density at radius 2 is 1.82 bits per heavy atom. The molecule has 2 aliphatic carbocycles. The van der Waals surface area contributed by atoms with Crippen molar-refractivity contribution in [1.82, 2.24) is 24.8 Å². The van der Waals surface area contributed by atoms with Crippen LogP contribution in [-0.2, 0) is 24.4 Å². The van der Waals surface area contributed by atoms with Crippen molar-refractivity contribution in [3.63, 3.8) is 0 Å². The molecule has 1 aromatic heterocycles. The second-order valence-electron chi connectivity index (χ2n) is 16.8. The number of ether oxygens (including phenoxy) is 3. The highest BCUT2D eigenvalue weighted by Crippen LogP contribution is 2.47. The molecular formula is C39H51N5O10S.